The van der Waals surface area contributed by atoms with E-state index in [0.29, 0.717) is 11.5 Å². The van der Waals surface area contributed by atoms with Crippen LogP contribution >= 0.6 is 23.1 Å². The maximum absolute atomic E-state index is 12.5. The van der Waals surface area contributed by atoms with Crippen LogP contribution in [0.15, 0.2) is 59.5 Å². The summed E-state index contributed by atoms with van der Waals surface area (Å²) in [6.45, 7) is 2.19. The van der Waals surface area contributed by atoms with Crippen molar-refractivity contribution >= 4 is 34.7 Å². The second-order valence-electron chi connectivity index (χ2n) is 5.31. The number of carbonyl (C=O) groups is 1. The van der Waals surface area contributed by atoms with Gasteiger partial charge in [0, 0.05) is 10.6 Å². The van der Waals surface area contributed by atoms with Crippen molar-refractivity contribution in [2.45, 2.75) is 18.4 Å². The van der Waals surface area contributed by atoms with Crippen LogP contribution < -0.4 is 10.1 Å². The van der Waals surface area contributed by atoms with E-state index >= 15 is 0 Å². The SMILES string of the molecule is CSc1cccc(NC(=O)c2sc(COc3ccccc3)nc2C)c1. The lowest BCUT2D eigenvalue weighted by Gasteiger charge is -2.05. The van der Waals surface area contributed by atoms with E-state index in [1.165, 1.54) is 11.3 Å². The summed E-state index contributed by atoms with van der Waals surface area (Å²) in [7, 11) is 0. The number of hydrogen-bond donors (Lipinski definition) is 1. The van der Waals surface area contributed by atoms with Crippen LogP contribution in [0, 0.1) is 6.92 Å². The molecule has 1 amide bonds. The van der Waals surface area contributed by atoms with Crippen molar-refractivity contribution in [1.82, 2.24) is 4.98 Å². The minimum atomic E-state index is -0.140. The number of carbonyl (C=O) groups excluding carboxylic acids is 1. The third-order valence-electron chi connectivity index (χ3n) is 3.48. The smallest absolute Gasteiger partial charge is 0.267 e. The molecule has 0 atom stereocenters. The number of ether oxygens (including phenoxy) is 1. The molecule has 0 saturated heterocycles. The molecule has 3 aromatic rings. The number of anilines is 1. The summed E-state index contributed by atoms with van der Waals surface area (Å²) in [6, 6.07) is 17.4. The first-order valence-corrected chi connectivity index (χ1v) is 9.79. The van der Waals surface area contributed by atoms with E-state index in [-0.39, 0.29) is 5.91 Å². The van der Waals surface area contributed by atoms with E-state index < -0.39 is 0 Å². The van der Waals surface area contributed by atoms with Crippen LogP contribution in [0.1, 0.15) is 20.4 Å². The largest absolute Gasteiger partial charge is 0.486 e. The van der Waals surface area contributed by atoms with E-state index in [0.717, 1.165) is 27.0 Å². The summed E-state index contributed by atoms with van der Waals surface area (Å²) in [5.74, 6) is 0.648. The van der Waals surface area contributed by atoms with Crippen molar-refractivity contribution in [2.75, 3.05) is 11.6 Å². The highest BCUT2D eigenvalue weighted by molar-refractivity contribution is 7.98. The predicted molar refractivity (Wildman–Crippen MR) is 104 cm³/mol. The summed E-state index contributed by atoms with van der Waals surface area (Å²) in [5.41, 5.74) is 1.50. The van der Waals surface area contributed by atoms with Crippen LogP contribution in [0.2, 0.25) is 0 Å². The summed E-state index contributed by atoms with van der Waals surface area (Å²) < 4.78 is 5.70. The van der Waals surface area contributed by atoms with Gasteiger partial charge in [-0.25, -0.2) is 4.98 Å². The highest BCUT2D eigenvalue weighted by atomic mass is 32.2. The third kappa shape index (κ3) is 4.61. The van der Waals surface area contributed by atoms with Crippen molar-refractivity contribution in [3.63, 3.8) is 0 Å². The lowest BCUT2D eigenvalue weighted by molar-refractivity contribution is 0.103. The molecule has 0 aliphatic rings. The minimum absolute atomic E-state index is 0.140. The van der Waals surface area contributed by atoms with Gasteiger partial charge >= 0.3 is 0 Å². The molecule has 25 heavy (non-hydrogen) atoms. The van der Waals surface area contributed by atoms with Gasteiger partial charge in [0.05, 0.1) is 5.69 Å². The molecule has 128 valence electrons. The molecule has 0 bridgehead atoms. The van der Waals surface area contributed by atoms with E-state index in [1.807, 2.05) is 67.8 Å². The molecular weight excluding hydrogens is 352 g/mol. The molecule has 0 aliphatic heterocycles. The highest BCUT2D eigenvalue weighted by Gasteiger charge is 2.16. The number of aryl methyl sites for hydroxylation is 1. The van der Waals surface area contributed by atoms with Gasteiger partial charge in [0.1, 0.15) is 22.2 Å². The number of benzene rings is 2. The predicted octanol–water partition coefficient (Wildman–Crippen LogP) is 5.00. The fraction of sp³-hybridized carbons (Fsp3) is 0.158. The zero-order valence-corrected chi connectivity index (χ0v) is 15.6. The molecule has 1 aromatic heterocycles. The number of nitrogens with one attached hydrogen (secondary N) is 1. The molecule has 0 unspecified atom stereocenters. The first-order valence-electron chi connectivity index (χ1n) is 7.75. The van der Waals surface area contributed by atoms with E-state index in [2.05, 4.69) is 10.3 Å². The Balaban J connectivity index is 1.67. The number of thioether (sulfide) groups is 1. The van der Waals surface area contributed by atoms with E-state index in [1.54, 1.807) is 11.8 Å². The Morgan fingerprint density at radius 2 is 2.00 bits per heavy atom. The second-order valence-corrected chi connectivity index (χ2v) is 7.27. The van der Waals surface area contributed by atoms with Gasteiger partial charge in [0.15, 0.2) is 0 Å². The Kier molecular flexibility index (Phi) is 5.73. The number of rotatable bonds is 6. The van der Waals surface area contributed by atoms with Gasteiger partial charge in [-0.2, -0.15) is 0 Å². The summed E-state index contributed by atoms with van der Waals surface area (Å²) in [4.78, 5) is 18.7. The van der Waals surface area contributed by atoms with Crippen molar-refractivity contribution in [2.24, 2.45) is 0 Å². The zero-order chi connectivity index (χ0) is 17.6. The fourth-order valence-electron chi connectivity index (χ4n) is 2.28. The number of aromatic nitrogens is 1. The molecule has 4 nitrogen and oxygen atoms in total. The van der Waals surface area contributed by atoms with Crippen molar-refractivity contribution in [3.05, 3.63) is 70.2 Å². The number of thiazole rings is 1. The molecule has 1 N–H and O–H groups in total. The molecule has 0 spiro atoms. The standard InChI is InChI=1S/C19H18N2O2S2/c1-13-18(19(22)21-14-7-6-10-16(11-14)24-2)25-17(20-13)12-23-15-8-4-3-5-9-15/h3-11H,12H2,1-2H3,(H,21,22). The molecule has 0 fully saturated rings. The van der Waals surface area contributed by atoms with Gasteiger partial charge in [-0.05, 0) is 43.5 Å². The molecule has 0 aliphatic carbocycles. The minimum Gasteiger partial charge on any atom is -0.486 e. The lowest BCUT2D eigenvalue weighted by atomic mass is 10.3. The van der Waals surface area contributed by atoms with E-state index in [9.17, 15) is 4.79 Å². The highest BCUT2D eigenvalue weighted by Crippen LogP contribution is 2.23. The van der Waals surface area contributed by atoms with Crippen LogP contribution in [0.3, 0.4) is 0 Å². The first-order chi connectivity index (χ1) is 12.2. The molecule has 1 heterocycles. The molecular formula is C19H18N2O2S2. The molecule has 2 aromatic carbocycles. The van der Waals surface area contributed by atoms with E-state index in [4.69, 9.17) is 4.74 Å². The monoisotopic (exact) mass is 370 g/mol. The number of para-hydroxylation sites is 1. The number of hydrogen-bond acceptors (Lipinski definition) is 5. The van der Waals surface area contributed by atoms with Gasteiger partial charge in [-0.1, -0.05) is 24.3 Å². The van der Waals surface area contributed by atoms with Crippen LogP contribution in [-0.2, 0) is 6.61 Å². The number of amides is 1. The van der Waals surface area contributed by atoms with Gasteiger partial charge in [0.2, 0.25) is 0 Å². The maximum Gasteiger partial charge on any atom is 0.267 e. The summed E-state index contributed by atoms with van der Waals surface area (Å²) >= 11 is 3.00. The summed E-state index contributed by atoms with van der Waals surface area (Å²) in [5, 5.41) is 3.72. The van der Waals surface area contributed by atoms with Gasteiger partial charge in [-0.3, -0.25) is 4.79 Å². The van der Waals surface area contributed by atoms with Crippen LogP contribution in [-0.4, -0.2) is 17.1 Å². The Morgan fingerprint density at radius 1 is 1.20 bits per heavy atom. The van der Waals surface area contributed by atoms with Crippen LogP contribution in [0.4, 0.5) is 5.69 Å². The normalized spacial score (nSPS) is 10.5. The van der Waals surface area contributed by atoms with Crippen LogP contribution in [0.5, 0.6) is 5.75 Å². The first kappa shape index (κ1) is 17.5. The Bertz CT molecular complexity index is 863. The fourth-order valence-corrected chi connectivity index (χ4v) is 3.61. The Morgan fingerprint density at radius 3 is 2.76 bits per heavy atom. The summed E-state index contributed by atoms with van der Waals surface area (Å²) in [6.07, 6.45) is 2.01. The van der Waals surface area contributed by atoms with Crippen molar-refractivity contribution < 1.29 is 9.53 Å². The topological polar surface area (TPSA) is 51.2 Å². The molecule has 6 heteroatoms. The Labute approximate surface area is 155 Å². The average Bonchev–Trinajstić information content (AvgIpc) is 3.02. The third-order valence-corrected chi connectivity index (χ3v) is 5.34. The quantitative estimate of drug-likeness (QED) is 0.620. The van der Waals surface area contributed by atoms with Gasteiger partial charge in [-0.15, -0.1) is 23.1 Å². The van der Waals surface area contributed by atoms with Gasteiger partial charge in [0.25, 0.3) is 5.91 Å². The van der Waals surface area contributed by atoms with Crippen LogP contribution in [0.25, 0.3) is 0 Å². The second kappa shape index (κ2) is 8.18. The molecule has 3 rings (SSSR count). The van der Waals surface area contributed by atoms with Gasteiger partial charge < -0.3 is 10.1 Å². The molecule has 0 radical (unpaired) electrons. The van der Waals surface area contributed by atoms with Crippen molar-refractivity contribution in [3.8, 4) is 5.75 Å². The maximum atomic E-state index is 12.5. The average molecular weight is 370 g/mol. The zero-order valence-electron chi connectivity index (χ0n) is 14.0. The number of nitrogens with zero attached hydrogens (tertiary/aromatic N) is 1. The van der Waals surface area contributed by atoms with Crippen molar-refractivity contribution in [1.29, 1.82) is 0 Å². The lowest BCUT2D eigenvalue weighted by Crippen LogP contribution is -2.11. The molecule has 0 saturated carbocycles. The Hall–Kier alpha value is -2.31.